The number of hydrogen-bond acceptors (Lipinski definition) is 2. The number of Topliss-reactive ketones (excluding diaryl/α,β-unsaturated/α-hetero) is 1. The lowest BCUT2D eigenvalue weighted by atomic mass is 9.96. The van der Waals surface area contributed by atoms with E-state index >= 15 is 0 Å². The van der Waals surface area contributed by atoms with Crippen LogP contribution in [0.2, 0.25) is 0 Å². The zero-order valence-corrected chi connectivity index (χ0v) is 13.2. The van der Waals surface area contributed by atoms with Crippen molar-refractivity contribution in [1.82, 2.24) is 5.32 Å². The van der Waals surface area contributed by atoms with E-state index in [0.29, 0.717) is 11.8 Å². The van der Waals surface area contributed by atoms with Crippen LogP contribution >= 0.6 is 0 Å². The van der Waals surface area contributed by atoms with Crippen molar-refractivity contribution in [2.24, 2.45) is 17.3 Å². The lowest BCUT2D eigenvalue weighted by Crippen LogP contribution is -2.24. The first-order valence-electron chi connectivity index (χ1n) is 7.69. The van der Waals surface area contributed by atoms with Gasteiger partial charge >= 0.3 is 0 Å². The Morgan fingerprint density at radius 2 is 1.91 bits per heavy atom. The van der Waals surface area contributed by atoms with Gasteiger partial charge in [0.25, 0.3) is 0 Å². The fourth-order valence-corrected chi connectivity index (χ4v) is 3.69. The summed E-state index contributed by atoms with van der Waals surface area (Å²) in [6, 6.07) is 9.68. The summed E-state index contributed by atoms with van der Waals surface area (Å²) in [5.41, 5.74) is 2.84. The van der Waals surface area contributed by atoms with Crippen molar-refractivity contribution in [2.75, 3.05) is 0 Å². The molecule has 1 amide bonds. The third kappa shape index (κ3) is 2.52. The van der Waals surface area contributed by atoms with Crippen molar-refractivity contribution in [3.8, 4) is 0 Å². The largest absolute Gasteiger partial charge is 0.326 e. The third-order valence-electron chi connectivity index (χ3n) is 4.99. The maximum Gasteiger partial charge on any atom is 0.248 e. The van der Waals surface area contributed by atoms with Crippen molar-refractivity contribution in [1.29, 1.82) is 0 Å². The van der Waals surface area contributed by atoms with Gasteiger partial charge in [-0.25, -0.2) is 0 Å². The first-order valence-corrected chi connectivity index (χ1v) is 7.69. The van der Waals surface area contributed by atoms with E-state index in [0.717, 1.165) is 23.3 Å². The minimum absolute atomic E-state index is 0.0837. The molecule has 1 fully saturated rings. The summed E-state index contributed by atoms with van der Waals surface area (Å²) in [4.78, 5) is 24.0. The Hall–Kier alpha value is -2.16. The summed E-state index contributed by atoms with van der Waals surface area (Å²) in [6.07, 6.45) is 4.11. The van der Waals surface area contributed by atoms with Crippen LogP contribution in [0.5, 0.6) is 0 Å². The Labute approximate surface area is 131 Å². The van der Waals surface area contributed by atoms with Crippen molar-refractivity contribution in [3.63, 3.8) is 0 Å². The number of amides is 1. The predicted molar refractivity (Wildman–Crippen MR) is 86.7 cm³/mol. The van der Waals surface area contributed by atoms with E-state index in [1.54, 1.807) is 13.0 Å². The molecule has 2 aliphatic carbocycles. The molecule has 1 N–H and O–H groups in total. The van der Waals surface area contributed by atoms with Gasteiger partial charge in [0.05, 0.1) is 0 Å². The second-order valence-electron chi connectivity index (χ2n) is 6.79. The maximum atomic E-state index is 12.1. The van der Waals surface area contributed by atoms with Crippen molar-refractivity contribution < 1.29 is 9.59 Å². The van der Waals surface area contributed by atoms with Crippen LogP contribution in [0.25, 0.3) is 6.08 Å². The molecule has 2 aliphatic rings. The van der Waals surface area contributed by atoms with Crippen molar-refractivity contribution in [2.45, 2.75) is 27.2 Å². The number of benzene rings is 1. The molecule has 0 radical (unpaired) electrons. The molecule has 0 spiro atoms. The van der Waals surface area contributed by atoms with Crippen LogP contribution in [0, 0.1) is 17.3 Å². The molecule has 2 atom stereocenters. The molecule has 0 heterocycles. The van der Waals surface area contributed by atoms with E-state index < -0.39 is 0 Å². The number of allylic oxidation sites excluding steroid dienone is 2. The average Bonchev–Trinajstić information content (AvgIpc) is 2.85. The molecular weight excluding hydrogens is 274 g/mol. The number of carbonyl (C=O) groups excluding carboxylic acids is 2. The van der Waals surface area contributed by atoms with Gasteiger partial charge in [-0.2, -0.15) is 0 Å². The topological polar surface area (TPSA) is 46.2 Å². The van der Waals surface area contributed by atoms with E-state index in [-0.39, 0.29) is 17.1 Å². The van der Waals surface area contributed by atoms with Crippen LogP contribution < -0.4 is 5.32 Å². The molecular formula is C19H21NO2. The molecule has 0 saturated heterocycles. The second-order valence-corrected chi connectivity index (χ2v) is 6.79. The number of fused-ring (bicyclic) bond motifs is 1. The Bertz CT molecular complexity index is 683. The summed E-state index contributed by atoms with van der Waals surface area (Å²) in [5.74, 6) is 0.732. The first-order chi connectivity index (χ1) is 10.4. The zero-order valence-electron chi connectivity index (χ0n) is 13.2. The molecule has 1 saturated carbocycles. The summed E-state index contributed by atoms with van der Waals surface area (Å²) < 4.78 is 0. The lowest BCUT2D eigenvalue weighted by Gasteiger charge is -2.14. The normalized spacial score (nSPS) is 25.2. The molecule has 1 aromatic rings. The fourth-order valence-electron chi connectivity index (χ4n) is 3.69. The number of carbonyl (C=O) groups is 2. The predicted octanol–water partition coefficient (Wildman–Crippen LogP) is 3.34. The molecule has 114 valence electrons. The number of hydrogen-bond donors (Lipinski definition) is 1. The van der Waals surface area contributed by atoms with Gasteiger partial charge in [0.2, 0.25) is 5.91 Å². The highest BCUT2D eigenvalue weighted by Gasteiger charge is 2.63. The van der Waals surface area contributed by atoms with Crippen LogP contribution in [0.4, 0.5) is 0 Å². The van der Waals surface area contributed by atoms with Gasteiger partial charge in [-0.15, -0.1) is 0 Å². The van der Waals surface area contributed by atoms with Gasteiger partial charge in [-0.3, -0.25) is 9.59 Å². The van der Waals surface area contributed by atoms with E-state index in [2.05, 4.69) is 19.2 Å². The van der Waals surface area contributed by atoms with Crippen molar-refractivity contribution in [3.05, 3.63) is 53.2 Å². The number of rotatable bonds is 4. The van der Waals surface area contributed by atoms with E-state index in [1.165, 1.54) is 6.08 Å². The minimum atomic E-state index is -0.170. The number of ketones is 1. The van der Waals surface area contributed by atoms with Gasteiger partial charge in [-0.1, -0.05) is 44.2 Å². The SMILES string of the molecule is CC(=O)C1=C(NC(=O)/C=C/c2ccccc2)C[C@@H]2[C@H]1C2(C)C. The molecule has 1 aromatic carbocycles. The van der Waals surface area contributed by atoms with Gasteiger partial charge in [0.15, 0.2) is 5.78 Å². The molecule has 3 nitrogen and oxygen atoms in total. The Morgan fingerprint density at radius 1 is 1.23 bits per heavy atom. The average molecular weight is 295 g/mol. The fraction of sp³-hybridized carbons (Fsp3) is 0.368. The van der Waals surface area contributed by atoms with Gasteiger partial charge in [-0.05, 0) is 42.2 Å². The van der Waals surface area contributed by atoms with E-state index in [1.807, 2.05) is 30.3 Å². The first kappa shape index (κ1) is 14.8. The highest BCUT2D eigenvalue weighted by atomic mass is 16.1. The molecule has 0 unspecified atom stereocenters. The van der Waals surface area contributed by atoms with Crippen LogP contribution in [-0.2, 0) is 9.59 Å². The summed E-state index contributed by atoms with van der Waals surface area (Å²) >= 11 is 0. The van der Waals surface area contributed by atoms with E-state index in [9.17, 15) is 9.59 Å². The second kappa shape index (κ2) is 5.24. The highest BCUT2D eigenvalue weighted by molar-refractivity contribution is 5.99. The quantitative estimate of drug-likeness (QED) is 0.866. The number of nitrogens with one attached hydrogen (secondary N) is 1. The van der Waals surface area contributed by atoms with Gasteiger partial charge in [0, 0.05) is 17.3 Å². The molecule has 0 bridgehead atoms. The summed E-state index contributed by atoms with van der Waals surface area (Å²) in [5, 5.41) is 2.91. The maximum absolute atomic E-state index is 12.1. The Morgan fingerprint density at radius 3 is 2.55 bits per heavy atom. The molecule has 0 aliphatic heterocycles. The van der Waals surface area contributed by atoms with Crippen LogP contribution in [-0.4, -0.2) is 11.7 Å². The van der Waals surface area contributed by atoms with Crippen LogP contribution in [0.1, 0.15) is 32.8 Å². The molecule has 3 rings (SSSR count). The minimum Gasteiger partial charge on any atom is -0.326 e. The van der Waals surface area contributed by atoms with Gasteiger partial charge in [0.1, 0.15) is 0 Å². The van der Waals surface area contributed by atoms with Crippen LogP contribution in [0.15, 0.2) is 47.7 Å². The highest BCUT2D eigenvalue weighted by Crippen LogP contribution is 2.68. The third-order valence-corrected chi connectivity index (χ3v) is 4.99. The standard InChI is InChI=1S/C19H21NO2/c1-12(21)17-15(11-14-18(17)19(14,2)3)20-16(22)10-9-13-7-5-4-6-8-13/h4-10,14,18H,11H2,1-3H3,(H,20,22)/b10-9+/t14-,18-/m1/s1. The molecule has 0 aromatic heterocycles. The van der Waals surface area contributed by atoms with Crippen LogP contribution in [0.3, 0.4) is 0 Å². The van der Waals surface area contributed by atoms with Crippen molar-refractivity contribution >= 4 is 17.8 Å². The smallest absolute Gasteiger partial charge is 0.248 e. The van der Waals surface area contributed by atoms with E-state index in [4.69, 9.17) is 0 Å². The van der Waals surface area contributed by atoms with Gasteiger partial charge < -0.3 is 5.32 Å². The monoisotopic (exact) mass is 295 g/mol. The summed E-state index contributed by atoms with van der Waals surface area (Å²) in [6.45, 7) is 5.98. The Balaban J connectivity index is 1.71. The molecule has 22 heavy (non-hydrogen) atoms. The lowest BCUT2D eigenvalue weighted by molar-refractivity contribution is -0.115. The summed E-state index contributed by atoms with van der Waals surface area (Å²) in [7, 11) is 0. The Kier molecular flexibility index (Phi) is 3.51. The molecule has 3 heteroatoms. The zero-order chi connectivity index (χ0) is 15.9.